The Morgan fingerprint density at radius 3 is 2.55 bits per heavy atom. The summed E-state index contributed by atoms with van der Waals surface area (Å²) in [4.78, 5) is 14.0. The molecule has 0 N–H and O–H groups in total. The molecule has 0 aliphatic heterocycles. The van der Waals surface area contributed by atoms with Crippen LogP contribution in [0.15, 0.2) is 30.5 Å². The molecule has 1 heterocycles. The summed E-state index contributed by atoms with van der Waals surface area (Å²) >= 11 is 11.9. The molecule has 116 valence electrons. The third-order valence-electron chi connectivity index (χ3n) is 2.87. The van der Waals surface area contributed by atoms with Gasteiger partial charge in [-0.3, -0.25) is 15.1 Å². The van der Waals surface area contributed by atoms with Gasteiger partial charge in [0.25, 0.3) is 5.69 Å². The summed E-state index contributed by atoms with van der Waals surface area (Å²) in [6.07, 6.45) is 1.40. The third-order valence-corrected chi connectivity index (χ3v) is 3.36. The lowest BCUT2D eigenvalue weighted by molar-refractivity contribution is -0.385. The molecule has 0 unspecified atom stereocenters. The van der Waals surface area contributed by atoms with Crippen molar-refractivity contribution in [3.63, 3.8) is 0 Å². The number of rotatable bonds is 4. The Morgan fingerprint density at radius 1 is 1.32 bits per heavy atom. The molecule has 2 aromatic rings. The maximum atomic E-state index is 13.9. The van der Waals surface area contributed by atoms with E-state index in [0.29, 0.717) is 10.7 Å². The van der Waals surface area contributed by atoms with Crippen LogP contribution in [0.3, 0.4) is 0 Å². The van der Waals surface area contributed by atoms with Gasteiger partial charge in [-0.25, -0.2) is 4.39 Å². The van der Waals surface area contributed by atoms with Gasteiger partial charge in [-0.2, -0.15) is 0 Å². The van der Waals surface area contributed by atoms with Crippen LogP contribution in [-0.4, -0.2) is 9.91 Å². The zero-order valence-corrected chi connectivity index (χ0v) is 13.2. The topological polar surface area (TPSA) is 65.3 Å². The molecule has 0 aliphatic carbocycles. The predicted octanol–water partition coefficient (Wildman–Crippen LogP) is 4.75. The first kappa shape index (κ1) is 16.5. The standard InChI is InChI=1S/C14H11Cl2FN2O3/c1-14(2,13-10(16)5-8(15)7-18-13)22-12-4-3-9(19(20)21)6-11(12)17/h3-7H,1-2H3. The van der Waals surface area contributed by atoms with E-state index in [1.807, 2.05) is 0 Å². The maximum absolute atomic E-state index is 13.9. The van der Waals surface area contributed by atoms with Gasteiger partial charge in [0, 0.05) is 12.3 Å². The van der Waals surface area contributed by atoms with Gasteiger partial charge in [0.1, 0.15) is 11.3 Å². The van der Waals surface area contributed by atoms with Crippen LogP contribution in [0.2, 0.25) is 10.0 Å². The number of aromatic nitrogens is 1. The van der Waals surface area contributed by atoms with E-state index in [1.165, 1.54) is 18.3 Å². The molecule has 2 rings (SSSR count). The fraction of sp³-hybridized carbons (Fsp3) is 0.214. The lowest BCUT2D eigenvalue weighted by Gasteiger charge is -2.27. The monoisotopic (exact) mass is 344 g/mol. The van der Waals surface area contributed by atoms with Crippen molar-refractivity contribution in [2.45, 2.75) is 19.4 Å². The minimum atomic E-state index is -1.06. The highest BCUT2D eigenvalue weighted by Crippen LogP contribution is 2.34. The van der Waals surface area contributed by atoms with Crippen molar-refractivity contribution < 1.29 is 14.1 Å². The number of benzene rings is 1. The van der Waals surface area contributed by atoms with Crippen LogP contribution in [0.25, 0.3) is 0 Å². The first-order valence-electron chi connectivity index (χ1n) is 6.15. The molecular formula is C14H11Cl2FN2O3. The first-order valence-corrected chi connectivity index (χ1v) is 6.91. The minimum absolute atomic E-state index is 0.136. The molecule has 1 aromatic carbocycles. The number of halogens is 3. The molecule has 0 amide bonds. The van der Waals surface area contributed by atoms with E-state index in [4.69, 9.17) is 27.9 Å². The number of hydrogen-bond acceptors (Lipinski definition) is 4. The van der Waals surface area contributed by atoms with Gasteiger partial charge in [-0.15, -0.1) is 0 Å². The normalized spacial score (nSPS) is 11.3. The summed E-state index contributed by atoms with van der Waals surface area (Å²) in [5, 5.41) is 11.3. The largest absolute Gasteiger partial charge is 0.478 e. The zero-order chi connectivity index (χ0) is 16.5. The lowest BCUT2D eigenvalue weighted by Crippen LogP contribution is -2.27. The number of pyridine rings is 1. The quantitative estimate of drug-likeness (QED) is 0.592. The van der Waals surface area contributed by atoms with Crippen LogP contribution < -0.4 is 4.74 Å². The number of nitrogens with zero attached hydrogens (tertiary/aromatic N) is 2. The fourth-order valence-electron chi connectivity index (χ4n) is 1.87. The highest BCUT2D eigenvalue weighted by Gasteiger charge is 2.29. The molecule has 5 nitrogen and oxygen atoms in total. The van der Waals surface area contributed by atoms with Crippen molar-refractivity contribution in [1.29, 1.82) is 0 Å². The number of ether oxygens (including phenoxy) is 1. The summed E-state index contributed by atoms with van der Waals surface area (Å²) in [6, 6.07) is 4.65. The van der Waals surface area contributed by atoms with E-state index >= 15 is 0 Å². The Hall–Kier alpha value is -1.92. The molecule has 0 spiro atoms. The molecular weight excluding hydrogens is 334 g/mol. The van der Waals surface area contributed by atoms with E-state index < -0.39 is 16.3 Å². The molecule has 0 radical (unpaired) electrons. The van der Waals surface area contributed by atoms with Crippen LogP contribution in [-0.2, 0) is 5.60 Å². The zero-order valence-electron chi connectivity index (χ0n) is 11.6. The van der Waals surface area contributed by atoms with Crippen molar-refractivity contribution >= 4 is 28.9 Å². The Kier molecular flexibility index (Phi) is 4.53. The summed E-state index contributed by atoms with van der Waals surface area (Å²) in [5.74, 6) is -0.976. The second-order valence-electron chi connectivity index (χ2n) is 4.97. The predicted molar refractivity (Wildman–Crippen MR) is 81.0 cm³/mol. The molecule has 0 saturated carbocycles. The second-order valence-corrected chi connectivity index (χ2v) is 5.81. The van der Waals surface area contributed by atoms with Gasteiger partial charge < -0.3 is 4.74 Å². The minimum Gasteiger partial charge on any atom is -0.478 e. The van der Waals surface area contributed by atoms with Crippen molar-refractivity contribution in [2.75, 3.05) is 0 Å². The first-order chi connectivity index (χ1) is 10.2. The SMILES string of the molecule is CC(C)(Oc1ccc([N+](=O)[O-])cc1F)c1ncc(Cl)cc1Cl. The fourth-order valence-corrected chi connectivity index (χ4v) is 2.47. The van der Waals surface area contributed by atoms with Crippen molar-refractivity contribution in [1.82, 2.24) is 4.98 Å². The van der Waals surface area contributed by atoms with Crippen molar-refractivity contribution in [3.05, 3.63) is 62.1 Å². The summed E-state index contributed by atoms with van der Waals surface area (Å²) in [6.45, 7) is 3.30. The summed E-state index contributed by atoms with van der Waals surface area (Å²) < 4.78 is 19.5. The van der Waals surface area contributed by atoms with Crippen molar-refractivity contribution in [2.24, 2.45) is 0 Å². The smallest absolute Gasteiger partial charge is 0.272 e. The number of nitro groups is 1. The Bertz CT molecular complexity index is 738. The molecule has 0 bridgehead atoms. The number of nitro benzene ring substituents is 1. The summed E-state index contributed by atoms with van der Waals surface area (Å²) in [7, 11) is 0. The van der Waals surface area contributed by atoms with Crippen LogP contribution >= 0.6 is 23.2 Å². The lowest BCUT2D eigenvalue weighted by atomic mass is 10.0. The van der Waals surface area contributed by atoms with E-state index in [0.717, 1.165) is 12.1 Å². The van der Waals surface area contributed by atoms with Crippen LogP contribution in [0, 0.1) is 15.9 Å². The van der Waals surface area contributed by atoms with Crippen LogP contribution in [0.5, 0.6) is 5.75 Å². The van der Waals surface area contributed by atoms with E-state index in [2.05, 4.69) is 4.98 Å². The van der Waals surface area contributed by atoms with E-state index in [-0.39, 0.29) is 16.5 Å². The van der Waals surface area contributed by atoms with Gasteiger partial charge in [0.2, 0.25) is 0 Å². The highest BCUT2D eigenvalue weighted by molar-refractivity contribution is 6.34. The Labute approximate surface area is 135 Å². The maximum Gasteiger partial charge on any atom is 0.272 e. The Morgan fingerprint density at radius 2 is 2.00 bits per heavy atom. The average molecular weight is 345 g/mol. The van der Waals surface area contributed by atoms with Crippen LogP contribution in [0.1, 0.15) is 19.5 Å². The molecule has 22 heavy (non-hydrogen) atoms. The molecule has 0 saturated heterocycles. The molecule has 0 atom stereocenters. The molecule has 1 aromatic heterocycles. The average Bonchev–Trinajstić information content (AvgIpc) is 2.40. The molecule has 8 heteroatoms. The third kappa shape index (κ3) is 3.45. The van der Waals surface area contributed by atoms with Gasteiger partial charge in [-0.05, 0) is 26.0 Å². The second kappa shape index (κ2) is 6.06. The van der Waals surface area contributed by atoms with Gasteiger partial charge in [0.05, 0.1) is 21.0 Å². The van der Waals surface area contributed by atoms with Crippen molar-refractivity contribution in [3.8, 4) is 5.75 Å². The van der Waals surface area contributed by atoms with Gasteiger partial charge in [-0.1, -0.05) is 23.2 Å². The van der Waals surface area contributed by atoms with Crippen LogP contribution in [0.4, 0.5) is 10.1 Å². The summed E-state index contributed by atoms with van der Waals surface area (Å²) in [5.41, 5.74) is -1.04. The van der Waals surface area contributed by atoms with E-state index in [9.17, 15) is 14.5 Å². The molecule has 0 fully saturated rings. The number of non-ortho nitro benzene ring substituents is 1. The van der Waals surface area contributed by atoms with Gasteiger partial charge >= 0.3 is 0 Å². The Balaban J connectivity index is 2.34. The van der Waals surface area contributed by atoms with E-state index in [1.54, 1.807) is 13.8 Å². The number of hydrogen-bond donors (Lipinski definition) is 0. The van der Waals surface area contributed by atoms with Gasteiger partial charge in [0.15, 0.2) is 11.6 Å². The highest BCUT2D eigenvalue weighted by atomic mass is 35.5. The molecule has 0 aliphatic rings.